The highest BCUT2D eigenvalue weighted by Gasteiger charge is 2.67. The molecule has 2 bridgehead atoms. The normalized spacial score (nSPS) is 25.5. The Balaban J connectivity index is 1.39. The van der Waals surface area contributed by atoms with Crippen molar-refractivity contribution in [2.24, 2.45) is 11.8 Å². The molecule has 3 amide bonds. The standard InChI is InChI=1S/C26H27N3O7/c1-14(30)27-15-5-7-17(8-6-15)29-13-26-10-9-18(36-26)21(22(26)25(29)32)24(31)28-16-11-19(33-2)23(35-4)20(12-16)34-3/h5-12,18,21-22H,13H2,1-4H3,(H,27,30)(H,28,31)/t18-,21-,22-,26+/m0/s1. The van der Waals surface area contributed by atoms with Gasteiger partial charge < -0.3 is 34.5 Å². The van der Waals surface area contributed by atoms with Crippen LogP contribution in [0.2, 0.25) is 0 Å². The molecular weight excluding hydrogens is 466 g/mol. The van der Waals surface area contributed by atoms with E-state index in [-0.39, 0.29) is 17.7 Å². The molecule has 3 heterocycles. The fourth-order valence-electron chi connectivity index (χ4n) is 5.32. The summed E-state index contributed by atoms with van der Waals surface area (Å²) in [6.45, 7) is 1.73. The van der Waals surface area contributed by atoms with E-state index < -0.39 is 23.5 Å². The molecule has 36 heavy (non-hydrogen) atoms. The topological polar surface area (TPSA) is 115 Å². The van der Waals surface area contributed by atoms with Gasteiger partial charge in [-0.05, 0) is 24.3 Å². The van der Waals surface area contributed by atoms with Gasteiger partial charge in [0.25, 0.3) is 0 Å². The molecule has 10 nitrogen and oxygen atoms in total. The van der Waals surface area contributed by atoms with Crippen LogP contribution in [-0.2, 0) is 19.1 Å². The van der Waals surface area contributed by atoms with Crippen molar-refractivity contribution >= 4 is 34.8 Å². The Kier molecular flexibility index (Phi) is 5.83. The van der Waals surface area contributed by atoms with Crippen LogP contribution in [-0.4, -0.2) is 57.3 Å². The molecule has 1 spiro atoms. The van der Waals surface area contributed by atoms with E-state index in [4.69, 9.17) is 18.9 Å². The number of carbonyl (C=O) groups is 3. The molecule has 10 heteroatoms. The minimum absolute atomic E-state index is 0.176. The molecule has 4 atom stereocenters. The summed E-state index contributed by atoms with van der Waals surface area (Å²) in [5.41, 5.74) is 0.888. The Morgan fingerprint density at radius 1 is 1.00 bits per heavy atom. The molecule has 3 aliphatic heterocycles. The zero-order valence-corrected chi connectivity index (χ0v) is 20.4. The minimum Gasteiger partial charge on any atom is -0.493 e. The second kappa shape index (κ2) is 8.87. The number of ether oxygens (including phenoxy) is 4. The summed E-state index contributed by atoms with van der Waals surface area (Å²) in [4.78, 5) is 40.0. The van der Waals surface area contributed by atoms with E-state index in [9.17, 15) is 14.4 Å². The molecule has 0 radical (unpaired) electrons. The number of methoxy groups -OCH3 is 3. The highest BCUT2D eigenvalue weighted by atomic mass is 16.5. The van der Waals surface area contributed by atoms with Gasteiger partial charge in [0.2, 0.25) is 23.5 Å². The monoisotopic (exact) mass is 493 g/mol. The number of amides is 3. The van der Waals surface area contributed by atoms with Gasteiger partial charge >= 0.3 is 0 Å². The molecule has 0 aliphatic carbocycles. The number of nitrogens with one attached hydrogen (secondary N) is 2. The fraction of sp³-hybridized carbons (Fsp3) is 0.346. The van der Waals surface area contributed by atoms with E-state index in [0.717, 1.165) is 0 Å². The number of benzene rings is 2. The summed E-state index contributed by atoms with van der Waals surface area (Å²) in [6, 6.07) is 10.3. The van der Waals surface area contributed by atoms with Gasteiger partial charge in [0.05, 0.1) is 45.8 Å². The van der Waals surface area contributed by atoms with Gasteiger partial charge in [-0.15, -0.1) is 0 Å². The van der Waals surface area contributed by atoms with E-state index in [0.29, 0.717) is 40.9 Å². The van der Waals surface area contributed by atoms with Gasteiger partial charge in [0.15, 0.2) is 11.5 Å². The molecule has 0 unspecified atom stereocenters. The Bertz CT molecular complexity index is 1230. The largest absolute Gasteiger partial charge is 0.493 e. The van der Waals surface area contributed by atoms with Gasteiger partial charge in [0.1, 0.15) is 5.60 Å². The first-order chi connectivity index (χ1) is 17.3. The molecule has 5 rings (SSSR count). The van der Waals surface area contributed by atoms with Crippen LogP contribution in [0.5, 0.6) is 17.2 Å². The van der Waals surface area contributed by atoms with Gasteiger partial charge in [-0.1, -0.05) is 12.2 Å². The lowest BCUT2D eigenvalue weighted by molar-refractivity contribution is -0.128. The quantitative estimate of drug-likeness (QED) is 0.570. The van der Waals surface area contributed by atoms with Crippen molar-refractivity contribution in [2.75, 3.05) is 43.4 Å². The Morgan fingerprint density at radius 3 is 2.25 bits per heavy atom. The summed E-state index contributed by atoms with van der Waals surface area (Å²) in [6.07, 6.45) is 3.26. The Morgan fingerprint density at radius 2 is 1.67 bits per heavy atom. The summed E-state index contributed by atoms with van der Waals surface area (Å²) in [5, 5.41) is 5.61. The predicted octanol–water partition coefficient (Wildman–Crippen LogP) is 2.60. The van der Waals surface area contributed by atoms with E-state index in [1.165, 1.54) is 28.3 Å². The van der Waals surface area contributed by atoms with E-state index in [1.807, 2.05) is 12.2 Å². The van der Waals surface area contributed by atoms with Crippen molar-refractivity contribution < 1.29 is 33.3 Å². The molecule has 188 valence electrons. The third-order valence-corrected chi connectivity index (χ3v) is 6.83. The molecular formula is C26H27N3O7. The van der Waals surface area contributed by atoms with Crippen molar-refractivity contribution in [2.45, 2.75) is 18.6 Å². The lowest BCUT2D eigenvalue weighted by atomic mass is 9.77. The maximum atomic E-state index is 13.6. The number of hydrogen-bond acceptors (Lipinski definition) is 7. The molecule has 3 aliphatic rings. The van der Waals surface area contributed by atoms with Crippen molar-refractivity contribution in [3.8, 4) is 17.2 Å². The molecule has 2 saturated heterocycles. The highest BCUT2D eigenvalue weighted by Crippen LogP contribution is 2.53. The second-order valence-electron chi connectivity index (χ2n) is 8.96. The summed E-state index contributed by atoms with van der Waals surface area (Å²) < 4.78 is 22.3. The summed E-state index contributed by atoms with van der Waals surface area (Å²) in [7, 11) is 4.49. The van der Waals surface area contributed by atoms with Gasteiger partial charge in [-0.2, -0.15) is 0 Å². The number of carbonyl (C=O) groups excluding carboxylic acids is 3. The zero-order valence-electron chi connectivity index (χ0n) is 20.4. The summed E-state index contributed by atoms with van der Waals surface area (Å²) in [5.74, 6) is -0.841. The van der Waals surface area contributed by atoms with Crippen molar-refractivity contribution in [1.29, 1.82) is 0 Å². The zero-order chi connectivity index (χ0) is 25.6. The molecule has 2 N–H and O–H groups in total. The average molecular weight is 494 g/mol. The number of nitrogens with zero attached hydrogens (tertiary/aromatic N) is 1. The van der Waals surface area contributed by atoms with Crippen molar-refractivity contribution in [1.82, 2.24) is 0 Å². The third-order valence-electron chi connectivity index (χ3n) is 6.83. The number of anilines is 3. The maximum absolute atomic E-state index is 13.6. The molecule has 2 aromatic rings. The van der Waals surface area contributed by atoms with Crippen LogP contribution < -0.4 is 29.7 Å². The van der Waals surface area contributed by atoms with Crippen LogP contribution >= 0.6 is 0 Å². The molecule has 2 aromatic carbocycles. The number of hydrogen-bond donors (Lipinski definition) is 2. The summed E-state index contributed by atoms with van der Waals surface area (Å²) >= 11 is 0. The third kappa shape index (κ3) is 3.74. The second-order valence-corrected chi connectivity index (χ2v) is 8.96. The first-order valence-electron chi connectivity index (χ1n) is 11.5. The lowest BCUT2D eigenvalue weighted by Crippen LogP contribution is -2.41. The first kappa shape index (κ1) is 23.7. The van der Waals surface area contributed by atoms with E-state index >= 15 is 0 Å². The average Bonchev–Trinajstić information content (AvgIpc) is 3.51. The van der Waals surface area contributed by atoms with E-state index in [2.05, 4.69) is 10.6 Å². The van der Waals surface area contributed by atoms with Crippen molar-refractivity contribution in [3.63, 3.8) is 0 Å². The number of fused-ring (bicyclic) bond motifs is 1. The highest BCUT2D eigenvalue weighted by molar-refractivity contribution is 6.05. The molecule has 0 saturated carbocycles. The van der Waals surface area contributed by atoms with Gasteiger partial charge in [-0.3, -0.25) is 14.4 Å². The smallest absolute Gasteiger partial charge is 0.234 e. The van der Waals surface area contributed by atoms with Crippen LogP contribution in [0.15, 0.2) is 48.6 Å². The minimum atomic E-state index is -0.866. The van der Waals surface area contributed by atoms with Crippen LogP contribution in [0.3, 0.4) is 0 Å². The first-order valence-corrected chi connectivity index (χ1v) is 11.5. The van der Waals surface area contributed by atoms with Gasteiger partial charge in [-0.25, -0.2) is 0 Å². The van der Waals surface area contributed by atoms with Crippen LogP contribution in [0, 0.1) is 11.8 Å². The Hall–Kier alpha value is -4.05. The maximum Gasteiger partial charge on any atom is 0.234 e. The fourth-order valence-corrected chi connectivity index (χ4v) is 5.32. The van der Waals surface area contributed by atoms with Gasteiger partial charge in [0, 0.05) is 36.1 Å². The van der Waals surface area contributed by atoms with Crippen LogP contribution in [0.4, 0.5) is 17.1 Å². The SMILES string of the molecule is COc1cc(NC(=O)[C@H]2[C@@H]3C=C[C@]4(CN(c5ccc(NC(C)=O)cc5)C(=O)[C@H]24)O3)cc(OC)c1OC. The Labute approximate surface area is 208 Å². The number of rotatable bonds is 7. The van der Waals surface area contributed by atoms with Crippen molar-refractivity contribution in [3.05, 3.63) is 48.6 Å². The predicted molar refractivity (Wildman–Crippen MR) is 132 cm³/mol. The molecule has 0 aromatic heterocycles. The van der Waals surface area contributed by atoms with Crippen LogP contribution in [0.1, 0.15) is 6.92 Å². The van der Waals surface area contributed by atoms with Crippen LogP contribution in [0.25, 0.3) is 0 Å². The lowest BCUT2D eigenvalue weighted by Gasteiger charge is -2.24. The van der Waals surface area contributed by atoms with E-state index in [1.54, 1.807) is 41.3 Å². The molecule has 2 fully saturated rings.